The Morgan fingerprint density at radius 3 is 2.43 bits per heavy atom. The van der Waals surface area contributed by atoms with Crippen molar-refractivity contribution in [2.75, 3.05) is 5.73 Å². The Labute approximate surface area is 123 Å². The molecule has 2 aromatic rings. The highest BCUT2D eigenvalue weighted by Crippen LogP contribution is 2.36. The number of rotatable bonds is 1. The zero-order chi connectivity index (χ0) is 16.0. The lowest BCUT2D eigenvalue weighted by Crippen LogP contribution is -2.40. The number of nitrogens with one attached hydrogen (secondary N) is 1. The molecule has 0 aliphatic carbocycles. The van der Waals surface area contributed by atoms with Crippen LogP contribution in [-0.4, -0.2) is 16.4 Å². The summed E-state index contributed by atoms with van der Waals surface area (Å²) in [4.78, 5) is 15.9. The van der Waals surface area contributed by atoms with Gasteiger partial charge in [0.05, 0.1) is 5.69 Å². The van der Waals surface area contributed by atoms with Gasteiger partial charge in [-0.3, -0.25) is 4.79 Å². The molecule has 4 nitrogen and oxygen atoms in total. The molecule has 8 heteroatoms. The molecule has 0 aliphatic rings. The van der Waals surface area contributed by atoms with Gasteiger partial charge in [0.1, 0.15) is 15.4 Å². The standard InChI is InChI=1S/C13H14F3N3OS/c1-12(2,3)19-10(20)9-8(17)6-4-5-7(13(14,15)16)18-11(6)21-9/h4-5H,17H2,1-3H3,(H,19,20). The number of alkyl halides is 3. The zero-order valence-corrected chi connectivity index (χ0v) is 12.4. The Kier molecular flexibility index (Phi) is 3.61. The predicted octanol–water partition coefficient (Wildman–Crippen LogP) is 3.43. The molecular weight excluding hydrogens is 303 g/mol. The number of anilines is 1. The van der Waals surface area contributed by atoms with Gasteiger partial charge in [0.15, 0.2) is 0 Å². The number of amides is 1. The number of hydrogen-bond acceptors (Lipinski definition) is 4. The highest BCUT2D eigenvalue weighted by Gasteiger charge is 2.33. The van der Waals surface area contributed by atoms with Crippen molar-refractivity contribution in [3.63, 3.8) is 0 Å². The molecule has 0 atom stereocenters. The van der Waals surface area contributed by atoms with Crippen LogP contribution in [-0.2, 0) is 6.18 Å². The third kappa shape index (κ3) is 3.26. The normalized spacial score (nSPS) is 12.7. The molecule has 2 aromatic heterocycles. The first-order valence-corrected chi connectivity index (χ1v) is 6.89. The molecule has 2 heterocycles. The van der Waals surface area contributed by atoms with E-state index in [1.54, 1.807) is 20.8 Å². The second-order valence-corrected chi connectivity index (χ2v) is 6.60. The van der Waals surface area contributed by atoms with Gasteiger partial charge in [0.25, 0.3) is 5.91 Å². The molecule has 3 N–H and O–H groups in total. The van der Waals surface area contributed by atoms with Gasteiger partial charge in [-0.15, -0.1) is 11.3 Å². The number of thiophene rings is 1. The minimum atomic E-state index is -4.53. The van der Waals surface area contributed by atoms with Crippen LogP contribution >= 0.6 is 11.3 Å². The maximum absolute atomic E-state index is 12.6. The van der Waals surface area contributed by atoms with Crippen LogP contribution in [0.1, 0.15) is 36.1 Å². The molecule has 2 rings (SSSR count). The van der Waals surface area contributed by atoms with Crippen molar-refractivity contribution in [2.24, 2.45) is 0 Å². The molecule has 0 fully saturated rings. The number of nitrogens with zero attached hydrogens (tertiary/aromatic N) is 1. The molecular formula is C13H14F3N3OS. The van der Waals surface area contributed by atoms with E-state index in [1.165, 1.54) is 6.07 Å². The number of fused-ring (bicyclic) bond motifs is 1. The molecule has 0 aliphatic heterocycles. The number of halogens is 3. The largest absolute Gasteiger partial charge is 0.433 e. The van der Waals surface area contributed by atoms with Crippen LogP contribution in [0.15, 0.2) is 12.1 Å². The van der Waals surface area contributed by atoms with Crippen molar-refractivity contribution in [1.82, 2.24) is 10.3 Å². The maximum atomic E-state index is 12.6. The van der Waals surface area contributed by atoms with E-state index in [4.69, 9.17) is 5.73 Å². The van der Waals surface area contributed by atoms with E-state index in [2.05, 4.69) is 10.3 Å². The average molecular weight is 317 g/mol. The van der Waals surface area contributed by atoms with Gasteiger partial charge in [-0.25, -0.2) is 4.98 Å². The molecule has 1 amide bonds. The number of carbonyl (C=O) groups is 1. The maximum Gasteiger partial charge on any atom is 0.433 e. The van der Waals surface area contributed by atoms with Crippen LogP contribution in [0.4, 0.5) is 18.9 Å². The van der Waals surface area contributed by atoms with E-state index in [9.17, 15) is 18.0 Å². The van der Waals surface area contributed by atoms with Crippen LogP contribution in [0.5, 0.6) is 0 Å². The average Bonchev–Trinajstić information content (AvgIpc) is 2.63. The summed E-state index contributed by atoms with van der Waals surface area (Å²) in [6.45, 7) is 5.40. The molecule has 0 spiro atoms. The summed E-state index contributed by atoms with van der Waals surface area (Å²) in [6.07, 6.45) is -4.53. The minimum absolute atomic E-state index is 0.0985. The smallest absolute Gasteiger partial charge is 0.397 e. The molecule has 0 bridgehead atoms. The summed E-state index contributed by atoms with van der Waals surface area (Å²) in [5.41, 5.74) is 4.53. The Hall–Kier alpha value is -1.83. The van der Waals surface area contributed by atoms with Crippen LogP contribution in [0.2, 0.25) is 0 Å². The summed E-state index contributed by atoms with van der Waals surface area (Å²) in [6, 6.07) is 2.10. The monoisotopic (exact) mass is 317 g/mol. The number of carbonyl (C=O) groups excluding carboxylic acids is 1. The van der Waals surface area contributed by atoms with Gasteiger partial charge in [0.2, 0.25) is 0 Å². The van der Waals surface area contributed by atoms with Crippen LogP contribution in [0.3, 0.4) is 0 Å². The van der Waals surface area contributed by atoms with Crippen molar-refractivity contribution in [3.05, 3.63) is 22.7 Å². The highest BCUT2D eigenvalue weighted by atomic mass is 32.1. The van der Waals surface area contributed by atoms with Crippen molar-refractivity contribution >= 4 is 33.1 Å². The lowest BCUT2D eigenvalue weighted by molar-refractivity contribution is -0.140. The summed E-state index contributed by atoms with van der Waals surface area (Å²) in [5.74, 6) is -0.420. The van der Waals surface area contributed by atoms with Crippen molar-refractivity contribution in [2.45, 2.75) is 32.5 Å². The van der Waals surface area contributed by atoms with Gasteiger partial charge >= 0.3 is 6.18 Å². The summed E-state index contributed by atoms with van der Waals surface area (Å²) in [5, 5.41) is 3.08. The van der Waals surface area contributed by atoms with E-state index >= 15 is 0 Å². The zero-order valence-electron chi connectivity index (χ0n) is 11.6. The van der Waals surface area contributed by atoms with Crippen LogP contribution < -0.4 is 11.1 Å². The Morgan fingerprint density at radius 1 is 1.29 bits per heavy atom. The first-order chi connectivity index (χ1) is 9.49. The van der Waals surface area contributed by atoms with E-state index in [-0.39, 0.29) is 15.4 Å². The Balaban J connectivity index is 2.48. The number of nitrogen functional groups attached to an aromatic ring is 1. The lowest BCUT2D eigenvalue weighted by atomic mass is 10.1. The molecule has 114 valence electrons. The number of nitrogens with two attached hydrogens (primary N) is 1. The van der Waals surface area contributed by atoms with E-state index in [0.717, 1.165) is 17.4 Å². The van der Waals surface area contributed by atoms with Gasteiger partial charge in [0, 0.05) is 10.9 Å². The van der Waals surface area contributed by atoms with Gasteiger partial charge in [-0.2, -0.15) is 13.2 Å². The SMILES string of the molecule is CC(C)(C)NC(=O)c1sc2nc(C(F)(F)F)ccc2c1N. The third-order valence-corrected chi connectivity index (χ3v) is 3.69. The van der Waals surface area contributed by atoms with Crippen molar-refractivity contribution < 1.29 is 18.0 Å². The second kappa shape index (κ2) is 4.87. The molecule has 0 aromatic carbocycles. The minimum Gasteiger partial charge on any atom is -0.397 e. The Bertz CT molecular complexity index is 701. The summed E-state index contributed by atoms with van der Waals surface area (Å²) >= 11 is 0.855. The molecule has 0 unspecified atom stereocenters. The molecule has 0 saturated heterocycles. The van der Waals surface area contributed by atoms with Crippen LogP contribution in [0.25, 0.3) is 10.2 Å². The van der Waals surface area contributed by atoms with Gasteiger partial charge < -0.3 is 11.1 Å². The lowest BCUT2D eigenvalue weighted by Gasteiger charge is -2.19. The number of pyridine rings is 1. The highest BCUT2D eigenvalue weighted by molar-refractivity contribution is 7.21. The topological polar surface area (TPSA) is 68.0 Å². The Morgan fingerprint density at radius 2 is 1.90 bits per heavy atom. The molecule has 0 radical (unpaired) electrons. The molecule has 0 saturated carbocycles. The summed E-state index contributed by atoms with van der Waals surface area (Å²) in [7, 11) is 0. The fraction of sp³-hybridized carbons (Fsp3) is 0.385. The predicted molar refractivity (Wildman–Crippen MR) is 76.3 cm³/mol. The van der Waals surface area contributed by atoms with E-state index in [0.29, 0.717) is 5.39 Å². The fourth-order valence-electron chi connectivity index (χ4n) is 1.72. The van der Waals surface area contributed by atoms with E-state index in [1.807, 2.05) is 0 Å². The first-order valence-electron chi connectivity index (χ1n) is 6.08. The second-order valence-electron chi connectivity index (χ2n) is 5.60. The van der Waals surface area contributed by atoms with Crippen molar-refractivity contribution in [3.8, 4) is 0 Å². The van der Waals surface area contributed by atoms with Gasteiger partial charge in [-0.1, -0.05) is 0 Å². The van der Waals surface area contributed by atoms with E-state index < -0.39 is 23.3 Å². The fourth-order valence-corrected chi connectivity index (χ4v) is 2.71. The number of hydrogen-bond donors (Lipinski definition) is 2. The summed E-state index contributed by atoms with van der Waals surface area (Å²) < 4.78 is 37.9. The van der Waals surface area contributed by atoms with Crippen LogP contribution in [0, 0.1) is 0 Å². The third-order valence-electron chi connectivity index (χ3n) is 2.58. The van der Waals surface area contributed by atoms with Gasteiger partial charge in [-0.05, 0) is 32.9 Å². The molecule has 21 heavy (non-hydrogen) atoms. The first kappa shape index (κ1) is 15.6. The quantitative estimate of drug-likeness (QED) is 0.847. The van der Waals surface area contributed by atoms with Crippen molar-refractivity contribution in [1.29, 1.82) is 0 Å². The number of aromatic nitrogens is 1.